The molecule has 0 bridgehead atoms. The molecule has 0 spiro atoms. The Morgan fingerprint density at radius 1 is 1.35 bits per heavy atom. The van der Waals surface area contributed by atoms with Gasteiger partial charge < -0.3 is 15.4 Å². The zero-order chi connectivity index (χ0) is 18.0. The molecule has 4 rings (SSSR count). The molecule has 3 aliphatic rings. The molecule has 144 valence electrons. The van der Waals surface area contributed by atoms with Crippen LogP contribution in [0.15, 0.2) is 4.79 Å². The molecule has 0 aromatic carbocycles. The third-order valence-electron chi connectivity index (χ3n) is 6.35. The first-order chi connectivity index (χ1) is 12.7. The van der Waals surface area contributed by atoms with Crippen molar-refractivity contribution in [3.63, 3.8) is 0 Å². The third kappa shape index (κ3) is 3.43. The second kappa shape index (κ2) is 7.50. The summed E-state index contributed by atoms with van der Waals surface area (Å²) in [4.78, 5) is 29.4. The molecule has 3 atom stereocenters. The zero-order valence-corrected chi connectivity index (χ0v) is 15.1. The summed E-state index contributed by atoms with van der Waals surface area (Å²) >= 11 is 0. The van der Waals surface area contributed by atoms with Crippen LogP contribution < -0.4 is 16.3 Å². The molecule has 9 heteroatoms. The molecule has 1 saturated carbocycles. The van der Waals surface area contributed by atoms with E-state index in [9.17, 15) is 9.59 Å². The van der Waals surface area contributed by atoms with E-state index in [2.05, 4.69) is 30.7 Å². The Bertz CT molecular complexity index is 682. The molecular weight excluding hydrogens is 336 g/mol. The molecule has 0 unspecified atom stereocenters. The Kier molecular flexibility index (Phi) is 5.10. The zero-order valence-electron chi connectivity index (χ0n) is 15.1. The molecule has 26 heavy (non-hydrogen) atoms. The van der Waals surface area contributed by atoms with Crippen LogP contribution in [0, 0.1) is 11.3 Å². The van der Waals surface area contributed by atoms with Gasteiger partial charge in [0.15, 0.2) is 0 Å². The lowest BCUT2D eigenvalue weighted by molar-refractivity contribution is -0.140. The monoisotopic (exact) mass is 364 g/mol. The summed E-state index contributed by atoms with van der Waals surface area (Å²) in [5, 5.41) is 12.6. The van der Waals surface area contributed by atoms with Crippen molar-refractivity contribution < 1.29 is 9.53 Å². The number of aromatic nitrogens is 3. The normalized spacial score (nSPS) is 32.8. The van der Waals surface area contributed by atoms with Gasteiger partial charge >= 0.3 is 5.69 Å². The fourth-order valence-corrected chi connectivity index (χ4v) is 4.90. The topological polar surface area (TPSA) is 115 Å². The number of morpholine rings is 1. The van der Waals surface area contributed by atoms with Crippen molar-refractivity contribution in [3.8, 4) is 0 Å². The van der Waals surface area contributed by atoms with Crippen molar-refractivity contribution in [2.24, 2.45) is 11.3 Å². The van der Waals surface area contributed by atoms with Crippen molar-refractivity contribution in [3.05, 3.63) is 16.3 Å². The predicted octanol–water partition coefficient (Wildman–Crippen LogP) is -0.805. The third-order valence-corrected chi connectivity index (χ3v) is 6.35. The van der Waals surface area contributed by atoms with Gasteiger partial charge in [-0.25, -0.2) is 9.89 Å². The van der Waals surface area contributed by atoms with Crippen LogP contribution in [0.3, 0.4) is 0 Å². The van der Waals surface area contributed by atoms with Gasteiger partial charge in [0.25, 0.3) is 0 Å². The molecule has 3 heterocycles. The number of hydrogen-bond acceptors (Lipinski definition) is 6. The first-order valence-electron chi connectivity index (χ1n) is 9.62. The maximum absolute atomic E-state index is 13.1. The van der Waals surface area contributed by atoms with Gasteiger partial charge in [0.1, 0.15) is 5.82 Å². The Balaban J connectivity index is 1.42. The van der Waals surface area contributed by atoms with Crippen molar-refractivity contribution in [1.29, 1.82) is 0 Å². The van der Waals surface area contributed by atoms with Crippen LogP contribution in [0.25, 0.3) is 0 Å². The number of aromatic amines is 2. The molecule has 1 aliphatic carbocycles. The summed E-state index contributed by atoms with van der Waals surface area (Å²) in [5.74, 6) is 0.935. The minimum Gasteiger partial charge on any atom is -0.379 e. The highest BCUT2D eigenvalue weighted by atomic mass is 16.5. The van der Waals surface area contributed by atoms with Crippen LogP contribution in [0.2, 0.25) is 0 Å². The predicted molar refractivity (Wildman–Crippen MR) is 94.5 cm³/mol. The second-order valence-electron chi connectivity index (χ2n) is 7.70. The number of piperidine rings is 1. The van der Waals surface area contributed by atoms with E-state index in [-0.39, 0.29) is 23.6 Å². The highest BCUT2D eigenvalue weighted by molar-refractivity contribution is 5.83. The lowest BCUT2D eigenvalue weighted by Gasteiger charge is -2.50. The first kappa shape index (κ1) is 17.7. The number of carbonyl (C=O) groups excluding carboxylic acids is 1. The number of nitrogens with zero attached hydrogens (tertiary/aromatic N) is 2. The van der Waals surface area contributed by atoms with Crippen LogP contribution in [0.1, 0.15) is 31.5 Å². The number of fused-ring (bicyclic) bond motifs is 1. The van der Waals surface area contributed by atoms with E-state index in [0.29, 0.717) is 17.8 Å². The quantitative estimate of drug-likeness (QED) is 0.556. The van der Waals surface area contributed by atoms with Gasteiger partial charge in [-0.3, -0.25) is 14.7 Å². The summed E-state index contributed by atoms with van der Waals surface area (Å²) in [6, 6.07) is 0.561. The number of hydrogen-bond donors (Lipinski definition) is 4. The molecule has 9 nitrogen and oxygen atoms in total. The number of H-pyrrole nitrogens is 2. The molecule has 1 aromatic rings. The number of carbonyl (C=O) groups is 1. The minimum atomic E-state index is -0.351. The lowest BCUT2D eigenvalue weighted by Crippen LogP contribution is -2.60. The van der Waals surface area contributed by atoms with Gasteiger partial charge in [-0.15, -0.1) is 0 Å². The van der Waals surface area contributed by atoms with E-state index in [4.69, 9.17) is 4.74 Å². The maximum Gasteiger partial charge on any atom is 0.340 e. The van der Waals surface area contributed by atoms with E-state index in [1.807, 2.05) is 0 Å². The largest absolute Gasteiger partial charge is 0.379 e. The molecule has 4 N–H and O–H groups in total. The smallest absolute Gasteiger partial charge is 0.340 e. The number of nitrogens with one attached hydrogen (secondary N) is 4. The van der Waals surface area contributed by atoms with Gasteiger partial charge in [0.05, 0.1) is 25.2 Å². The fraction of sp³-hybridized carbons (Fsp3) is 0.824. The van der Waals surface area contributed by atoms with E-state index in [1.165, 1.54) is 0 Å². The van der Waals surface area contributed by atoms with Crippen LogP contribution in [0.4, 0.5) is 0 Å². The minimum absolute atomic E-state index is 0.0824. The van der Waals surface area contributed by atoms with Crippen molar-refractivity contribution in [2.75, 3.05) is 39.4 Å². The van der Waals surface area contributed by atoms with Crippen LogP contribution in [0.5, 0.6) is 0 Å². The van der Waals surface area contributed by atoms with Gasteiger partial charge in [-0.1, -0.05) is 0 Å². The molecule has 2 saturated heterocycles. The molecular formula is C17H28N6O3. The average Bonchev–Trinajstić information content (AvgIpc) is 3.11. The van der Waals surface area contributed by atoms with E-state index in [1.54, 1.807) is 0 Å². The molecule has 3 fully saturated rings. The number of ether oxygens (including phenoxy) is 1. The van der Waals surface area contributed by atoms with E-state index in [0.717, 1.165) is 65.1 Å². The van der Waals surface area contributed by atoms with Gasteiger partial charge in [-0.2, -0.15) is 5.10 Å². The fourth-order valence-electron chi connectivity index (χ4n) is 4.90. The van der Waals surface area contributed by atoms with E-state index < -0.39 is 0 Å². The Hall–Kier alpha value is -1.71. The maximum atomic E-state index is 13.1. The Morgan fingerprint density at radius 2 is 2.19 bits per heavy atom. The van der Waals surface area contributed by atoms with Crippen molar-refractivity contribution in [1.82, 2.24) is 30.7 Å². The molecule has 1 amide bonds. The molecule has 1 aromatic heterocycles. The van der Waals surface area contributed by atoms with Gasteiger partial charge in [-0.05, 0) is 38.1 Å². The van der Waals surface area contributed by atoms with Crippen molar-refractivity contribution >= 4 is 5.91 Å². The van der Waals surface area contributed by atoms with Crippen LogP contribution in [-0.4, -0.2) is 71.4 Å². The standard InChI is InChI=1S/C17H28N6O3/c24-15(19-10-14-20-16(25)22-21-14)17-3-1-13(23-5-7-26-8-6-23)9-12(17)2-4-18-11-17/h12-13,18H,1-11H2,(H,19,24)(H2,20,21,22,25)/t12-,13-,17-/m1/s1. The highest BCUT2D eigenvalue weighted by Gasteiger charge is 2.50. The van der Waals surface area contributed by atoms with Crippen LogP contribution >= 0.6 is 0 Å². The molecule has 2 aliphatic heterocycles. The summed E-state index contributed by atoms with van der Waals surface area (Å²) in [6.45, 7) is 5.59. The van der Waals surface area contributed by atoms with Crippen molar-refractivity contribution in [2.45, 2.75) is 38.3 Å². The lowest BCUT2D eigenvalue weighted by atomic mass is 9.61. The highest BCUT2D eigenvalue weighted by Crippen LogP contribution is 2.46. The average molecular weight is 364 g/mol. The molecule has 0 radical (unpaired) electrons. The summed E-state index contributed by atoms with van der Waals surface area (Å²) in [5.41, 5.74) is -0.701. The summed E-state index contributed by atoms with van der Waals surface area (Å²) in [6.07, 6.45) is 4.06. The summed E-state index contributed by atoms with van der Waals surface area (Å²) in [7, 11) is 0. The Labute approximate surface area is 152 Å². The Morgan fingerprint density at radius 3 is 2.96 bits per heavy atom. The SMILES string of the molecule is O=C(NCc1n[nH]c(=O)[nH]1)[C@@]12CC[C@@H](N3CCOCC3)C[C@H]1CCNC2. The van der Waals surface area contributed by atoms with E-state index >= 15 is 0 Å². The first-order valence-corrected chi connectivity index (χ1v) is 9.62. The van der Waals surface area contributed by atoms with Gasteiger partial charge in [0.2, 0.25) is 5.91 Å². The number of amides is 1. The van der Waals surface area contributed by atoms with Gasteiger partial charge in [0, 0.05) is 25.7 Å². The second-order valence-corrected chi connectivity index (χ2v) is 7.70. The van der Waals surface area contributed by atoms with Crippen LogP contribution in [-0.2, 0) is 16.1 Å². The summed E-state index contributed by atoms with van der Waals surface area (Å²) < 4.78 is 5.48. The number of rotatable bonds is 4.